The Hall–Kier alpha value is -2.50. The number of halogens is 2. The maximum absolute atomic E-state index is 13.6. The lowest BCUT2D eigenvalue weighted by Crippen LogP contribution is -2.16. The summed E-state index contributed by atoms with van der Waals surface area (Å²) in [6.45, 7) is 1.64. The fourth-order valence-electron chi connectivity index (χ4n) is 1.60. The minimum absolute atomic E-state index is 0.0381. The smallest absolute Gasteiger partial charge is 0.259 e. The Labute approximate surface area is 108 Å². The predicted molar refractivity (Wildman–Crippen MR) is 67.7 cm³/mol. The Morgan fingerprint density at radius 3 is 2.79 bits per heavy atom. The molecule has 1 aromatic carbocycles. The lowest BCUT2D eigenvalue weighted by molar-refractivity contribution is 0.102. The molecule has 0 aliphatic carbocycles. The summed E-state index contributed by atoms with van der Waals surface area (Å²) in [6, 6.07) is 5.34. The van der Waals surface area contributed by atoms with E-state index >= 15 is 0 Å². The van der Waals surface area contributed by atoms with Crippen LogP contribution in [0.25, 0.3) is 0 Å². The Morgan fingerprint density at radius 2 is 2.11 bits per heavy atom. The van der Waals surface area contributed by atoms with Crippen LogP contribution < -0.4 is 11.1 Å². The van der Waals surface area contributed by atoms with Crippen molar-refractivity contribution in [2.75, 3.05) is 11.1 Å². The van der Waals surface area contributed by atoms with Gasteiger partial charge in [0.15, 0.2) is 0 Å². The molecular weight excluding hydrogens is 252 g/mol. The summed E-state index contributed by atoms with van der Waals surface area (Å²) in [5.74, 6) is -2.09. The molecule has 0 radical (unpaired) electrons. The number of para-hydroxylation sites is 1. The molecule has 0 fully saturated rings. The van der Waals surface area contributed by atoms with Crippen LogP contribution in [-0.2, 0) is 0 Å². The summed E-state index contributed by atoms with van der Waals surface area (Å²) in [4.78, 5) is 15.5. The highest BCUT2D eigenvalue weighted by Crippen LogP contribution is 2.20. The van der Waals surface area contributed by atoms with Crippen molar-refractivity contribution in [3.63, 3.8) is 0 Å². The molecule has 0 spiro atoms. The number of carbonyl (C=O) groups is 1. The zero-order chi connectivity index (χ0) is 14.0. The number of rotatable bonds is 2. The first-order valence-electron chi connectivity index (χ1n) is 5.46. The molecule has 0 aliphatic heterocycles. The van der Waals surface area contributed by atoms with Crippen LogP contribution in [0.15, 0.2) is 30.5 Å². The third kappa shape index (κ3) is 2.67. The minimum Gasteiger partial charge on any atom is -0.383 e. The van der Waals surface area contributed by atoms with E-state index < -0.39 is 17.5 Å². The third-order valence-corrected chi connectivity index (χ3v) is 2.59. The number of hydrogen-bond donors (Lipinski definition) is 2. The molecule has 0 atom stereocenters. The van der Waals surface area contributed by atoms with Gasteiger partial charge < -0.3 is 11.1 Å². The summed E-state index contributed by atoms with van der Waals surface area (Å²) >= 11 is 0. The van der Waals surface area contributed by atoms with Gasteiger partial charge in [0, 0.05) is 0 Å². The number of hydrogen-bond acceptors (Lipinski definition) is 3. The zero-order valence-electron chi connectivity index (χ0n) is 10.1. The van der Waals surface area contributed by atoms with Gasteiger partial charge in [-0.25, -0.2) is 13.8 Å². The van der Waals surface area contributed by atoms with E-state index in [2.05, 4.69) is 10.3 Å². The second-order valence-corrected chi connectivity index (χ2v) is 3.97. The standard InChI is InChI=1S/C13H11F2N3O/c1-7-3-2-4-10(15)11(7)18-13(19)9-5-8(14)6-17-12(9)16/h2-6H,1H3,(H2,16,17)(H,18,19). The fraction of sp³-hybridized carbons (Fsp3) is 0.0769. The van der Waals surface area contributed by atoms with Crippen molar-refractivity contribution < 1.29 is 13.6 Å². The largest absolute Gasteiger partial charge is 0.383 e. The van der Waals surface area contributed by atoms with Crippen LogP contribution in [0, 0.1) is 18.6 Å². The van der Waals surface area contributed by atoms with E-state index in [9.17, 15) is 13.6 Å². The zero-order valence-corrected chi connectivity index (χ0v) is 10.1. The van der Waals surface area contributed by atoms with Gasteiger partial charge in [-0.1, -0.05) is 12.1 Å². The van der Waals surface area contributed by atoms with Crippen LogP contribution in [0.3, 0.4) is 0 Å². The van der Waals surface area contributed by atoms with Crippen LogP contribution >= 0.6 is 0 Å². The average molecular weight is 263 g/mol. The van der Waals surface area contributed by atoms with Gasteiger partial charge in [0.1, 0.15) is 17.5 Å². The number of carbonyl (C=O) groups excluding carboxylic acids is 1. The third-order valence-electron chi connectivity index (χ3n) is 2.59. The molecule has 3 N–H and O–H groups in total. The second-order valence-electron chi connectivity index (χ2n) is 3.97. The van der Waals surface area contributed by atoms with Gasteiger partial charge in [0.25, 0.3) is 5.91 Å². The van der Waals surface area contributed by atoms with Gasteiger partial charge in [0.2, 0.25) is 0 Å². The summed E-state index contributed by atoms with van der Waals surface area (Å²) in [7, 11) is 0. The average Bonchev–Trinajstić information content (AvgIpc) is 2.37. The predicted octanol–water partition coefficient (Wildman–Crippen LogP) is 2.50. The first-order valence-corrected chi connectivity index (χ1v) is 5.46. The number of nitrogens with zero attached hydrogens (tertiary/aromatic N) is 1. The molecule has 0 aliphatic rings. The number of nitrogens with one attached hydrogen (secondary N) is 1. The van der Waals surface area contributed by atoms with Crippen LogP contribution in [0.1, 0.15) is 15.9 Å². The van der Waals surface area contributed by atoms with Crippen LogP contribution in [0.2, 0.25) is 0 Å². The van der Waals surface area contributed by atoms with Crippen molar-refractivity contribution in [2.24, 2.45) is 0 Å². The molecule has 6 heteroatoms. The molecular formula is C13H11F2N3O. The van der Waals surface area contributed by atoms with E-state index in [-0.39, 0.29) is 17.1 Å². The molecule has 0 saturated heterocycles. The monoisotopic (exact) mass is 263 g/mol. The topological polar surface area (TPSA) is 68.0 Å². The van der Waals surface area contributed by atoms with Gasteiger partial charge in [-0.3, -0.25) is 4.79 Å². The Morgan fingerprint density at radius 1 is 1.37 bits per heavy atom. The summed E-state index contributed by atoms with van der Waals surface area (Å²) in [5.41, 5.74) is 5.94. The number of nitrogen functional groups attached to an aromatic ring is 1. The second kappa shape index (κ2) is 5.01. The Bertz CT molecular complexity index is 624. The number of anilines is 2. The van der Waals surface area contributed by atoms with E-state index in [1.165, 1.54) is 12.1 Å². The van der Waals surface area contributed by atoms with Crippen LogP contribution in [0.5, 0.6) is 0 Å². The van der Waals surface area contributed by atoms with Crippen molar-refractivity contribution in [2.45, 2.75) is 6.92 Å². The number of nitrogens with two attached hydrogens (primary N) is 1. The lowest BCUT2D eigenvalue weighted by atomic mass is 10.1. The summed E-state index contributed by atoms with van der Waals surface area (Å²) < 4.78 is 26.6. The maximum Gasteiger partial charge on any atom is 0.259 e. The van der Waals surface area contributed by atoms with Crippen molar-refractivity contribution in [1.29, 1.82) is 0 Å². The maximum atomic E-state index is 13.6. The van der Waals surface area contributed by atoms with E-state index in [4.69, 9.17) is 5.73 Å². The van der Waals surface area contributed by atoms with Crippen LogP contribution in [-0.4, -0.2) is 10.9 Å². The van der Waals surface area contributed by atoms with Gasteiger partial charge in [0.05, 0.1) is 17.4 Å². The molecule has 1 aromatic heterocycles. The molecule has 1 heterocycles. The highest BCUT2D eigenvalue weighted by molar-refractivity contribution is 6.07. The van der Waals surface area contributed by atoms with Gasteiger partial charge in [-0.2, -0.15) is 0 Å². The number of aryl methyl sites for hydroxylation is 1. The Kier molecular flexibility index (Phi) is 3.41. The lowest BCUT2D eigenvalue weighted by Gasteiger charge is -2.10. The fourth-order valence-corrected chi connectivity index (χ4v) is 1.60. The van der Waals surface area contributed by atoms with Crippen molar-refractivity contribution in [3.8, 4) is 0 Å². The first kappa shape index (κ1) is 12.9. The van der Waals surface area contributed by atoms with Crippen molar-refractivity contribution >= 4 is 17.4 Å². The van der Waals surface area contributed by atoms with Gasteiger partial charge >= 0.3 is 0 Å². The first-order chi connectivity index (χ1) is 8.99. The van der Waals surface area contributed by atoms with E-state index in [1.807, 2.05) is 0 Å². The molecule has 19 heavy (non-hydrogen) atoms. The number of pyridine rings is 1. The number of aromatic nitrogens is 1. The molecule has 0 saturated carbocycles. The normalized spacial score (nSPS) is 10.3. The van der Waals surface area contributed by atoms with E-state index in [0.29, 0.717) is 5.56 Å². The highest BCUT2D eigenvalue weighted by Gasteiger charge is 2.15. The molecule has 0 unspecified atom stereocenters. The molecule has 2 aromatic rings. The summed E-state index contributed by atoms with van der Waals surface area (Å²) in [6.07, 6.45) is 0.903. The quantitative estimate of drug-likeness (QED) is 0.874. The van der Waals surface area contributed by atoms with E-state index in [0.717, 1.165) is 12.3 Å². The Balaban J connectivity index is 2.34. The molecule has 98 valence electrons. The van der Waals surface area contributed by atoms with Crippen LogP contribution in [0.4, 0.5) is 20.3 Å². The minimum atomic E-state index is -0.710. The SMILES string of the molecule is Cc1cccc(F)c1NC(=O)c1cc(F)cnc1N. The highest BCUT2D eigenvalue weighted by atomic mass is 19.1. The number of amides is 1. The number of benzene rings is 1. The van der Waals surface area contributed by atoms with E-state index in [1.54, 1.807) is 13.0 Å². The van der Waals surface area contributed by atoms with Gasteiger partial charge in [-0.05, 0) is 24.6 Å². The molecule has 4 nitrogen and oxygen atoms in total. The molecule has 0 bridgehead atoms. The molecule has 2 rings (SSSR count). The molecule has 1 amide bonds. The van der Waals surface area contributed by atoms with Crippen molar-refractivity contribution in [1.82, 2.24) is 4.98 Å². The van der Waals surface area contributed by atoms with Gasteiger partial charge in [-0.15, -0.1) is 0 Å². The van der Waals surface area contributed by atoms with Crippen molar-refractivity contribution in [3.05, 3.63) is 53.2 Å². The summed E-state index contributed by atoms with van der Waals surface area (Å²) in [5, 5.41) is 2.36.